The molecule has 1 aliphatic heterocycles. The number of nitrogens with one attached hydrogen (secondary N) is 2. The zero-order valence-corrected chi connectivity index (χ0v) is 23.4. The normalized spacial score (nSPS) is 12.7. The van der Waals surface area contributed by atoms with Gasteiger partial charge in [-0.15, -0.1) is 23.1 Å². The Kier molecular flexibility index (Phi) is 9.14. The summed E-state index contributed by atoms with van der Waals surface area (Å²) in [5.74, 6) is 0.370. The van der Waals surface area contributed by atoms with Crippen LogP contribution >= 0.6 is 23.1 Å². The lowest BCUT2D eigenvalue weighted by Gasteiger charge is -2.26. The summed E-state index contributed by atoms with van der Waals surface area (Å²) >= 11 is 2.87. The maximum absolute atomic E-state index is 12.8. The highest BCUT2D eigenvalue weighted by Gasteiger charge is 2.25. The molecule has 0 saturated heterocycles. The number of thiophene rings is 1. The molecule has 4 aromatic rings. The monoisotopic (exact) mass is 568 g/mol. The van der Waals surface area contributed by atoms with Crippen LogP contribution in [0, 0.1) is 11.3 Å². The van der Waals surface area contributed by atoms with Crippen LogP contribution in [0.5, 0.6) is 5.75 Å². The Morgan fingerprint density at radius 1 is 0.975 bits per heavy atom. The van der Waals surface area contributed by atoms with E-state index >= 15 is 0 Å². The third-order valence-corrected chi connectivity index (χ3v) is 8.48. The number of nitrogens with zero attached hydrogens (tertiary/aromatic N) is 2. The van der Waals surface area contributed by atoms with Crippen molar-refractivity contribution in [2.75, 3.05) is 29.5 Å². The van der Waals surface area contributed by atoms with Gasteiger partial charge in [-0.05, 0) is 47.9 Å². The lowest BCUT2D eigenvalue weighted by Crippen LogP contribution is -2.29. The third kappa shape index (κ3) is 7.30. The topological polar surface area (TPSA) is 94.5 Å². The number of nitriles is 1. The van der Waals surface area contributed by atoms with Gasteiger partial charge in [0.2, 0.25) is 5.91 Å². The van der Waals surface area contributed by atoms with E-state index in [0.29, 0.717) is 22.0 Å². The van der Waals surface area contributed by atoms with Crippen LogP contribution < -0.4 is 15.4 Å². The summed E-state index contributed by atoms with van der Waals surface area (Å²) in [5, 5.41) is 16.2. The molecule has 40 heavy (non-hydrogen) atoms. The minimum absolute atomic E-state index is 0.0974. The molecule has 0 fully saturated rings. The molecule has 3 aromatic carbocycles. The molecular formula is C31H28N4O3S2. The number of para-hydroxylation sites is 1. The van der Waals surface area contributed by atoms with Crippen molar-refractivity contribution in [1.82, 2.24) is 4.90 Å². The molecule has 0 spiro atoms. The molecule has 9 heteroatoms. The van der Waals surface area contributed by atoms with E-state index in [4.69, 9.17) is 4.74 Å². The van der Waals surface area contributed by atoms with Gasteiger partial charge < -0.3 is 15.4 Å². The fraction of sp³-hybridized carbons (Fsp3) is 0.194. The number of carbonyl (C=O) groups excluding carboxylic acids is 2. The molecule has 2 amide bonds. The van der Waals surface area contributed by atoms with Crippen LogP contribution in [0.3, 0.4) is 0 Å². The molecule has 1 aromatic heterocycles. The van der Waals surface area contributed by atoms with E-state index < -0.39 is 0 Å². The van der Waals surface area contributed by atoms with Crippen molar-refractivity contribution in [3.63, 3.8) is 0 Å². The van der Waals surface area contributed by atoms with Gasteiger partial charge in [-0.25, -0.2) is 0 Å². The highest BCUT2D eigenvalue weighted by molar-refractivity contribution is 8.00. The van der Waals surface area contributed by atoms with Crippen LogP contribution in [0.4, 0.5) is 10.7 Å². The van der Waals surface area contributed by atoms with Crippen molar-refractivity contribution in [3.05, 3.63) is 106 Å². The number of hydrogen-bond donors (Lipinski definition) is 2. The number of thioether (sulfide) groups is 1. The van der Waals surface area contributed by atoms with Crippen molar-refractivity contribution in [2.24, 2.45) is 0 Å². The lowest BCUT2D eigenvalue weighted by atomic mass is 10.0. The molecule has 202 valence electrons. The van der Waals surface area contributed by atoms with Crippen LogP contribution in [-0.2, 0) is 29.1 Å². The number of fused-ring (bicyclic) bond motifs is 1. The molecule has 0 unspecified atom stereocenters. The van der Waals surface area contributed by atoms with Gasteiger partial charge in [0.05, 0.1) is 11.3 Å². The molecule has 2 N–H and O–H groups in total. The minimum Gasteiger partial charge on any atom is -0.484 e. The molecule has 1 aliphatic rings. The van der Waals surface area contributed by atoms with E-state index in [2.05, 4.69) is 33.7 Å². The van der Waals surface area contributed by atoms with Crippen molar-refractivity contribution >= 4 is 45.6 Å². The fourth-order valence-corrected chi connectivity index (χ4v) is 6.49. The Bertz CT molecular complexity index is 1520. The molecule has 2 heterocycles. The Hall–Kier alpha value is -4.10. The maximum Gasteiger partial charge on any atom is 0.262 e. The largest absolute Gasteiger partial charge is 0.484 e. The Morgan fingerprint density at radius 2 is 1.75 bits per heavy atom. The minimum atomic E-state index is -0.267. The quantitative estimate of drug-likeness (QED) is 0.231. The number of benzene rings is 3. The molecular weight excluding hydrogens is 541 g/mol. The van der Waals surface area contributed by atoms with Gasteiger partial charge in [0, 0.05) is 35.1 Å². The van der Waals surface area contributed by atoms with Crippen LogP contribution in [0.1, 0.15) is 21.6 Å². The van der Waals surface area contributed by atoms with Crippen LogP contribution in [0.25, 0.3) is 0 Å². The fourth-order valence-electron chi connectivity index (χ4n) is 4.48. The van der Waals surface area contributed by atoms with Gasteiger partial charge in [0.15, 0.2) is 6.61 Å². The molecule has 5 rings (SSSR count). The number of ether oxygens (including phenoxy) is 1. The van der Waals surface area contributed by atoms with Crippen molar-refractivity contribution in [2.45, 2.75) is 24.4 Å². The highest BCUT2D eigenvalue weighted by Crippen LogP contribution is 2.37. The smallest absolute Gasteiger partial charge is 0.262 e. The number of carbonyl (C=O) groups is 2. The van der Waals surface area contributed by atoms with Gasteiger partial charge in [-0.2, -0.15) is 5.26 Å². The average molecular weight is 569 g/mol. The predicted octanol–water partition coefficient (Wildman–Crippen LogP) is 5.93. The second-order valence-corrected chi connectivity index (χ2v) is 11.4. The number of anilines is 2. The van der Waals surface area contributed by atoms with E-state index in [-0.39, 0.29) is 24.2 Å². The zero-order valence-electron chi connectivity index (χ0n) is 21.8. The average Bonchev–Trinajstić information content (AvgIpc) is 3.32. The van der Waals surface area contributed by atoms with E-state index in [9.17, 15) is 14.9 Å². The summed E-state index contributed by atoms with van der Waals surface area (Å²) in [7, 11) is 0. The van der Waals surface area contributed by atoms with Gasteiger partial charge in [0.1, 0.15) is 16.8 Å². The lowest BCUT2D eigenvalue weighted by molar-refractivity contribution is -0.118. The van der Waals surface area contributed by atoms with Crippen LogP contribution in [0.15, 0.2) is 89.8 Å². The van der Waals surface area contributed by atoms with Crippen LogP contribution in [0.2, 0.25) is 0 Å². The molecule has 7 nitrogen and oxygen atoms in total. The number of amides is 2. The first-order valence-corrected chi connectivity index (χ1v) is 14.7. The maximum atomic E-state index is 12.8. The first kappa shape index (κ1) is 27.5. The summed E-state index contributed by atoms with van der Waals surface area (Å²) in [6.45, 7) is 2.41. The summed E-state index contributed by atoms with van der Waals surface area (Å²) in [5.41, 5.74) is 3.53. The number of rotatable bonds is 10. The second-order valence-electron chi connectivity index (χ2n) is 9.28. The van der Waals surface area contributed by atoms with Crippen molar-refractivity contribution in [1.29, 1.82) is 5.26 Å². The Morgan fingerprint density at radius 3 is 2.52 bits per heavy atom. The SMILES string of the molecule is N#Cc1c(NC(=O)CSc2cccc(NC(=O)COc3ccccc3)c2)sc2c1CCN(Cc1ccccc1)C2. The molecule has 0 aliphatic carbocycles. The second kappa shape index (κ2) is 13.3. The standard InChI is InChI=1S/C31H28N4O3S2/c32-17-27-26-14-15-35(18-22-8-3-1-4-9-22)19-28(26)40-31(27)34-30(37)21-39-25-13-7-10-23(16-25)33-29(36)20-38-24-11-5-2-6-12-24/h1-13,16H,14-15,18-21H2,(H,33,36)(H,34,37). The molecule has 0 saturated carbocycles. The molecule has 0 atom stereocenters. The van der Waals surface area contributed by atoms with Gasteiger partial charge >= 0.3 is 0 Å². The van der Waals surface area contributed by atoms with Crippen LogP contribution in [-0.4, -0.2) is 35.6 Å². The molecule has 0 radical (unpaired) electrons. The zero-order chi connectivity index (χ0) is 27.7. The van der Waals surface area contributed by atoms with Crippen molar-refractivity contribution in [3.8, 4) is 11.8 Å². The van der Waals surface area contributed by atoms with E-state index in [0.717, 1.165) is 41.4 Å². The van der Waals surface area contributed by atoms with Gasteiger partial charge in [0.25, 0.3) is 5.91 Å². The number of hydrogen-bond acceptors (Lipinski definition) is 7. The Balaban J connectivity index is 1.13. The van der Waals surface area contributed by atoms with Gasteiger partial charge in [-0.3, -0.25) is 14.5 Å². The van der Waals surface area contributed by atoms with Gasteiger partial charge in [-0.1, -0.05) is 54.6 Å². The highest BCUT2D eigenvalue weighted by atomic mass is 32.2. The van der Waals surface area contributed by atoms with E-state index in [1.165, 1.54) is 28.7 Å². The van der Waals surface area contributed by atoms with Crippen molar-refractivity contribution < 1.29 is 14.3 Å². The summed E-state index contributed by atoms with van der Waals surface area (Å²) < 4.78 is 5.49. The predicted molar refractivity (Wildman–Crippen MR) is 160 cm³/mol. The summed E-state index contributed by atoms with van der Waals surface area (Å²) in [4.78, 5) is 29.5. The van der Waals surface area contributed by atoms with E-state index in [1.54, 1.807) is 18.2 Å². The van der Waals surface area contributed by atoms with E-state index in [1.807, 2.05) is 54.6 Å². The first-order valence-electron chi connectivity index (χ1n) is 12.9. The summed E-state index contributed by atoms with van der Waals surface area (Å²) in [6.07, 6.45) is 0.793. The Labute approximate surface area is 241 Å². The molecule has 0 bridgehead atoms. The third-order valence-electron chi connectivity index (χ3n) is 6.35. The first-order chi connectivity index (χ1) is 19.6. The summed E-state index contributed by atoms with van der Waals surface area (Å²) in [6, 6.07) is 29.2.